The molecule has 0 rings (SSSR count). The number of likely N-dealkylation sites (N-methyl/N-ethyl adjacent to an activating group) is 1. The van der Waals surface area contributed by atoms with E-state index in [1.165, 1.54) is 225 Å². The first-order valence-electron chi connectivity index (χ1n) is 28.7. The normalized spacial score (nSPS) is 14.1. The minimum atomic E-state index is -4.35. The van der Waals surface area contributed by atoms with Crippen LogP contribution in [-0.4, -0.2) is 73.4 Å². The van der Waals surface area contributed by atoms with Crippen molar-refractivity contribution in [2.75, 3.05) is 40.9 Å². The van der Waals surface area contributed by atoms with Crippen molar-refractivity contribution in [2.24, 2.45) is 0 Å². The van der Waals surface area contributed by atoms with Gasteiger partial charge in [-0.1, -0.05) is 269 Å². The molecule has 3 unspecified atom stereocenters. The Bertz CT molecular complexity index is 1130. The molecule has 0 saturated heterocycles. The largest absolute Gasteiger partial charge is 0.472 e. The highest BCUT2D eigenvalue weighted by Crippen LogP contribution is 2.43. The van der Waals surface area contributed by atoms with Crippen LogP contribution in [0.4, 0.5) is 0 Å². The maximum Gasteiger partial charge on any atom is 0.472 e. The van der Waals surface area contributed by atoms with Gasteiger partial charge in [-0.15, -0.1) is 0 Å². The molecular weight excluding hydrogens is 840 g/mol. The summed E-state index contributed by atoms with van der Waals surface area (Å²) in [5.74, 6) is -0.182. The molecule has 9 heteroatoms. The van der Waals surface area contributed by atoms with Gasteiger partial charge in [0.1, 0.15) is 13.2 Å². The Morgan fingerprint density at radius 1 is 0.500 bits per heavy atom. The number of aliphatic hydroxyl groups excluding tert-OH is 1. The number of aliphatic hydroxyl groups is 1. The Hall–Kier alpha value is -1.02. The molecule has 0 aromatic rings. The second-order valence-corrected chi connectivity index (χ2v) is 22.5. The molecule has 0 radical (unpaired) electrons. The Kier molecular flexibility index (Phi) is 48.2. The summed E-state index contributed by atoms with van der Waals surface area (Å²) in [5, 5.41) is 13.9. The van der Waals surface area contributed by atoms with Gasteiger partial charge in [0.2, 0.25) is 5.91 Å². The summed E-state index contributed by atoms with van der Waals surface area (Å²) < 4.78 is 23.6. The van der Waals surface area contributed by atoms with Gasteiger partial charge < -0.3 is 19.8 Å². The number of phosphoric acid groups is 1. The van der Waals surface area contributed by atoms with Crippen LogP contribution in [0.15, 0.2) is 24.3 Å². The fourth-order valence-corrected chi connectivity index (χ4v) is 9.38. The van der Waals surface area contributed by atoms with Gasteiger partial charge >= 0.3 is 7.82 Å². The Labute approximate surface area is 411 Å². The third-order valence-corrected chi connectivity index (χ3v) is 14.2. The van der Waals surface area contributed by atoms with Gasteiger partial charge in [-0.3, -0.25) is 13.8 Å². The van der Waals surface area contributed by atoms with Crippen molar-refractivity contribution in [3.8, 4) is 0 Å². The van der Waals surface area contributed by atoms with E-state index in [4.69, 9.17) is 9.05 Å². The average Bonchev–Trinajstić information content (AvgIpc) is 3.28. The van der Waals surface area contributed by atoms with E-state index in [0.717, 1.165) is 38.5 Å². The summed E-state index contributed by atoms with van der Waals surface area (Å²) in [7, 11) is 1.57. The van der Waals surface area contributed by atoms with Crippen LogP contribution in [0, 0.1) is 0 Å². The molecule has 0 spiro atoms. The molecule has 0 aliphatic heterocycles. The first-order valence-corrected chi connectivity index (χ1v) is 30.2. The lowest BCUT2D eigenvalue weighted by Crippen LogP contribution is -2.45. The molecule has 0 saturated carbocycles. The monoisotopic (exact) mass is 954 g/mol. The molecule has 66 heavy (non-hydrogen) atoms. The Balaban J connectivity index is 4.01. The molecule has 3 N–H and O–H groups in total. The fourth-order valence-electron chi connectivity index (χ4n) is 8.65. The van der Waals surface area contributed by atoms with E-state index in [1.54, 1.807) is 6.08 Å². The molecule has 0 aromatic carbocycles. The predicted molar refractivity (Wildman–Crippen MR) is 286 cm³/mol. The summed E-state index contributed by atoms with van der Waals surface area (Å²) in [6.45, 7) is 4.81. The number of carbonyl (C=O) groups is 1. The van der Waals surface area contributed by atoms with Crippen LogP contribution in [0.25, 0.3) is 0 Å². The summed E-state index contributed by atoms with van der Waals surface area (Å²) in [4.78, 5) is 23.2. The summed E-state index contributed by atoms with van der Waals surface area (Å²) >= 11 is 0. The topological polar surface area (TPSA) is 105 Å². The number of phosphoric ester groups is 1. The predicted octanol–water partition coefficient (Wildman–Crippen LogP) is 17.2. The van der Waals surface area contributed by atoms with Gasteiger partial charge in [0.25, 0.3) is 0 Å². The van der Waals surface area contributed by atoms with Gasteiger partial charge in [-0.2, -0.15) is 0 Å². The maximum atomic E-state index is 12.9. The highest BCUT2D eigenvalue weighted by Gasteiger charge is 2.27. The highest BCUT2D eigenvalue weighted by atomic mass is 31.2. The Morgan fingerprint density at radius 3 is 1.21 bits per heavy atom. The lowest BCUT2D eigenvalue weighted by molar-refractivity contribution is -0.870. The summed E-state index contributed by atoms with van der Waals surface area (Å²) in [6.07, 6.45) is 61.6. The number of hydrogen-bond acceptors (Lipinski definition) is 5. The average molecular weight is 955 g/mol. The lowest BCUT2D eigenvalue weighted by Gasteiger charge is -2.25. The third-order valence-electron chi connectivity index (χ3n) is 13.2. The number of unbranched alkanes of at least 4 members (excludes halogenated alkanes) is 38. The van der Waals surface area contributed by atoms with Crippen LogP contribution < -0.4 is 5.32 Å². The molecule has 1 amide bonds. The van der Waals surface area contributed by atoms with Gasteiger partial charge in [0.05, 0.1) is 39.9 Å². The zero-order valence-electron chi connectivity index (χ0n) is 44.7. The third kappa shape index (κ3) is 50.8. The SMILES string of the molecule is CCCCCCCCC/C=C/CC/C=C/C(O)C(COP(=O)(O)OCC[N+](C)(C)C)NC(=O)CCCCCCCCCCCCCCCCCCCCCCCCCCCCCCCCC. The summed E-state index contributed by atoms with van der Waals surface area (Å²) in [5.41, 5.74) is 0. The lowest BCUT2D eigenvalue weighted by atomic mass is 10.0. The maximum absolute atomic E-state index is 12.9. The zero-order chi connectivity index (χ0) is 48.5. The van der Waals surface area contributed by atoms with E-state index in [2.05, 4.69) is 31.3 Å². The molecular formula is C57H114N2O6P+. The number of nitrogens with zero attached hydrogens (tertiary/aromatic N) is 1. The number of allylic oxidation sites excluding steroid dienone is 3. The van der Waals surface area contributed by atoms with Crippen molar-refractivity contribution in [2.45, 2.75) is 296 Å². The molecule has 8 nitrogen and oxygen atoms in total. The molecule has 0 aliphatic carbocycles. The molecule has 0 bridgehead atoms. The van der Waals surface area contributed by atoms with E-state index in [-0.39, 0.29) is 19.1 Å². The van der Waals surface area contributed by atoms with Gasteiger partial charge in [0.15, 0.2) is 0 Å². The van der Waals surface area contributed by atoms with Crippen molar-refractivity contribution in [3.63, 3.8) is 0 Å². The van der Waals surface area contributed by atoms with Crippen molar-refractivity contribution in [3.05, 3.63) is 24.3 Å². The Morgan fingerprint density at radius 2 is 0.833 bits per heavy atom. The molecule has 0 heterocycles. The van der Waals surface area contributed by atoms with E-state index in [1.807, 2.05) is 27.2 Å². The van der Waals surface area contributed by atoms with Gasteiger partial charge in [0, 0.05) is 6.42 Å². The molecule has 0 fully saturated rings. The smallest absolute Gasteiger partial charge is 0.387 e. The molecule has 3 atom stereocenters. The number of quaternary nitrogens is 1. The first kappa shape index (κ1) is 65.0. The minimum absolute atomic E-state index is 0.0585. The molecule has 0 aromatic heterocycles. The van der Waals surface area contributed by atoms with Crippen molar-refractivity contribution >= 4 is 13.7 Å². The number of carbonyl (C=O) groups excluding carboxylic acids is 1. The van der Waals surface area contributed by atoms with Crippen LogP contribution in [0.5, 0.6) is 0 Å². The number of amides is 1. The highest BCUT2D eigenvalue weighted by molar-refractivity contribution is 7.47. The summed E-state index contributed by atoms with van der Waals surface area (Å²) in [6, 6.07) is -0.859. The number of rotatable bonds is 53. The molecule has 0 aliphatic rings. The number of nitrogens with one attached hydrogen (secondary N) is 1. The van der Waals surface area contributed by atoms with E-state index in [9.17, 15) is 19.4 Å². The molecule has 392 valence electrons. The van der Waals surface area contributed by atoms with Crippen LogP contribution in [0.1, 0.15) is 284 Å². The van der Waals surface area contributed by atoms with E-state index in [0.29, 0.717) is 17.4 Å². The number of hydrogen-bond donors (Lipinski definition) is 3. The van der Waals surface area contributed by atoms with Gasteiger partial charge in [-0.05, 0) is 32.1 Å². The van der Waals surface area contributed by atoms with Crippen molar-refractivity contribution in [1.29, 1.82) is 0 Å². The van der Waals surface area contributed by atoms with Crippen LogP contribution >= 0.6 is 7.82 Å². The second kappa shape index (κ2) is 49.0. The van der Waals surface area contributed by atoms with Crippen molar-refractivity contribution < 1.29 is 32.9 Å². The minimum Gasteiger partial charge on any atom is -0.387 e. The first-order chi connectivity index (χ1) is 32.0. The van der Waals surface area contributed by atoms with E-state index >= 15 is 0 Å². The van der Waals surface area contributed by atoms with E-state index < -0.39 is 20.0 Å². The van der Waals surface area contributed by atoms with Crippen LogP contribution in [0.2, 0.25) is 0 Å². The quantitative estimate of drug-likeness (QED) is 0.0243. The van der Waals surface area contributed by atoms with Crippen molar-refractivity contribution in [1.82, 2.24) is 5.32 Å². The van der Waals surface area contributed by atoms with Crippen LogP contribution in [-0.2, 0) is 18.4 Å². The fraction of sp³-hybridized carbons (Fsp3) is 0.912. The second-order valence-electron chi connectivity index (χ2n) is 21.0. The standard InChI is InChI=1S/C57H113N2O6P/c1-6-8-10-12-14-16-18-20-21-22-23-24-25-26-27-28-29-30-31-32-33-34-35-36-37-39-41-43-45-47-49-51-57(61)58-55(54-65-66(62,63)64-53-52-59(3,4)5)56(60)50-48-46-44-42-40-38-19-17-15-13-11-9-7-2/h40,42,48,50,55-56,60H,6-39,41,43-47,49,51-54H2,1-5H3,(H-,58,61,62,63)/p+1/b42-40+,50-48+. The van der Waals surface area contributed by atoms with Crippen LogP contribution in [0.3, 0.4) is 0 Å². The zero-order valence-corrected chi connectivity index (χ0v) is 45.6. The van der Waals surface area contributed by atoms with Gasteiger partial charge in [-0.25, -0.2) is 4.57 Å².